The Hall–Kier alpha value is -1.15. The summed E-state index contributed by atoms with van der Waals surface area (Å²) in [6.07, 6.45) is 3.81. The van der Waals surface area contributed by atoms with E-state index in [0.717, 1.165) is 32.3 Å². The van der Waals surface area contributed by atoms with Crippen molar-refractivity contribution in [2.24, 2.45) is 5.92 Å². The Bertz CT molecular complexity index is 762. The standard InChI is InChI=1S/C18H25ClN2O4S/c1-13-4-2-8-21(12-13)26(23,24)17-10-14(6-7-16(17)19)18(22)20-11-15-5-3-9-25-15/h6-7,10,13,15H,2-5,8-9,11-12H2,1H3,(H,20,22). The van der Waals surface area contributed by atoms with Crippen LogP contribution in [0.2, 0.25) is 5.02 Å². The number of nitrogens with one attached hydrogen (secondary N) is 1. The van der Waals surface area contributed by atoms with E-state index in [1.165, 1.54) is 16.4 Å². The zero-order valence-electron chi connectivity index (χ0n) is 14.9. The molecule has 2 fully saturated rings. The fourth-order valence-electron chi connectivity index (χ4n) is 3.46. The van der Waals surface area contributed by atoms with Crippen LogP contribution in [0.25, 0.3) is 0 Å². The summed E-state index contributed by atoms with van der Waals surface area (Å²) in [7, 11) is -3.72. The molecular weight excluding hydrogens is 376 g/mol. The van der Waals surface area contributed by atoms with E-state index in [1.807, 2.05) is 6.92 Å². The normalized spacial score (nSPS) is 24.5. The summed E-state index contributed by atoms with van der Waals surface area (Å²) < 4.78 is 32.9. The van der Waals surface area contributed by atoms with Gasteiger partial charge in [-0.1, -0.05) is 18.5 Å². The number of sulfonamides is 1. The Morgan fingerprint density at radius 2 is 2.15 bits per heavy atom. The minimum atomic E-state index is -3.72. The first kappa shape index (κ1) is 19.6. The maximum atomic E-state index is 13.0. The number of rotatable bonds is 5. The smallest absolute Gasteiger partial charge is 0.251 e. The molecule has 1 aromatic carbocycles. The third-order valence-corrected chi connectivity index (χ3v) is 7.29. The van der Waals surface area contributed by atoms with Crippen LogP contribution in [0.3, 0.4) is 0 Å². The molecule has 2 atom stereocenters. The number of piperidine rings is 1. The van der Waals surface area contributed by atoms with Crippen molar-refractivity contribution >= 4 is 27.5 Å². The van der Waals surface area contributed by atoms with Crippen LogP contribution in [0.15, 0.2) is 23.1 Å². The number of benzene rings is 1. The average molecular weight is 401 g/mol. The van der Waals surface area contributed by atoms with Crippen LogP contribution in [0, 0.1) is 5.92 Å². The van der Waals surface area contributed by atoms with Crippen molar-refractivity contribution in [2.75, 3.05) is 26.2 Å². The number of halogens is 1. The quantitative estimate of drug-likeness (QED) is 0.824. The second-order valence-electron chi connectivity index (χ2n) is 7.10. The Morgan fingerprint density at radius 3 is 2.85 bits per heavy atom. The highest BCUT2D eigenvalue weighted by Gasteiger charge is 2.31. The number of ether oxygens (including phenoxy) is 1. The third kappa shape index (κ3) is 4.39. The molecule has 3 rings (SSSR count). The van der Waals surface area contributed by atoms with Crippen molar-refractivity contribution in [3.63, 3.8) is 0 Å². The van der Waals surface area contributed by atoms with E-state index < -0.39 is 10.0 Å². The van der Waals surface area contributed by atoms with Crippen molar-refractivity contribution in [3.05, 3.63) is 28.8 Å². The van der Waals surface area contributed by atoms with Gasteiger partial charge in [0.2, 0.25) is 10.0 Å². The van der Waals surface area contributed by atoms with Crippen LogP contribution < -0.4 is 5.32 Å². The van der Waals surface area contributed by atoms with Gasteiger partial charge in [-0.05, 0) is 49.8 Å². The second-order valence-corrected chi connectivity index (χ2v) is 9.41. The highest BCUT2D eigenvalue weighted by Crippen LogP contribution is 2.29. The molecule has 0 aromatic heterocycles. The maximum Gasteiger partial charge on any atom is 0.251 e. The molecular formula is C18H25ClN2O4S. The van der Waals surface area contributed by atoms with Gasteiger partial charge in [0.1, 0.15) is 4.90 Å². The molecule has 8 heteroatoms. The summed E-state index contributed by atoms with van der Waals surface area (Å²) in [6.45, 7) is 4.15. The molecule has 0 saturated carbocycles. The van der Waals surface area contributed by atoms with Gasteiger partial charge >= 0.3 is 0 Å². The molecule has 2 heterocycles. The number of hydrogen-bond donors (Lipinski definition) is 1. The number of nitrogens with zero attached hydrogens (tertiary/aromatic N) is 1. The zero-order chi connectivity index (χ0) is 18.7. The largest absolute Gasteiger partial charge is 0.376 e. The molecule has 0 aliphatic carbocycles. The molecule has 26 heavy (non-hydrogen) atoms. The number of carbonyl (C=O) groups is 1. The fourth-order valence-corrected chi connectivity index (χ4v) is 5.56. The number of hydrogen-bond acceptors (Lipinski definition) is 4. The van der Waals surface area contributed by atoms with Gasteiger partial charge in [-0.15, -0.1) is 0 Å². The van der Waals surface area contributed by atoms with Gasteiger partial charge in [0.15, 0.2) is 0 Å². The molecule has 6 nitrogen and oxygen atoms in total. The summed E-state index contributed by atoms with van der Waals surface area (Å²) in [5.74, 6) is -0.00387. The van der Waals surface area contributed by atoms with Gasteiger partial charge in [0.05, 0.1) is 11.1 Å². The highest BCUT2D eigenvalue weighted by atomic mass is 35.5. The molecule has 2 unspecified atom stereocenters. The summed E-state index contributed by atoms with van der Waals surface area (Å²) in [4.78, 5) is 12.4. The van der Waals surface area contributed by atoms with Crippen molar-refractivity contribution in [1.29, 1.82) is 0 Å². The summed E-state index contributed by atoms with van der Waals surface area (Å²) in [5.41, 5.74) is 0.288. The molecule has 1 aromatic rings. The molecule has 0 spiro atoms. The third-order valence-electron chi connectivity index (χ3n) is 4.95. The Balaban J connectivity index is 1.77. The predicted molar refractivity (Wildman–Crippen MR) is 99.9 cm³/mol. The van der Waals surface area contributed by atoms with Crippen LogP contribution in [-0.4, -0.2) is 51.0 Å². The molecule has 2 saturated heterocycles. The minimum absolute atomic E-state index is 0.00182. The molecule has 1 N–H and O–H groups in total. The van der Waals surface area contributed by atoms with Crippen LogP contribution in [0.5, 0.6) is 0 Å². The van der Waals surface area contributed by atoms with Gasteiger partial charge in [0.25, 0.3) is 5.91 Å². The lowest BCUT2D eigenvalue weighted by atomic mass is 10.0. The first-order chi connectivity index (χ1) is 12.4. The lowest BCUT2D eigenvalue weighted by Gasteiger charge is -2.30. The van der Waals surface area contributed by atoms with Crippen LogP contribution in [0.1, 0.15) is 43.0 Å². The van der Waals surface area contributed by atoms with E-state index in [2.05, 4.69) is 5.32 Å². The molecule has 0 radical (unpaired) electrons. The Labute approximate surface area is 159 Å². The van der Waals surface area contributed by atoms with E-state index in [1.54, 1.807) is 6.07 Å². The van der Waals surface area contributed by atoms with Crippen molar-refractivity contribution in [3.8, 4) is 0 Å². The average Bonchev–Trinajstić information content (AvgIpc) is 3.13. The number of carbonyl (C=O) groups excluding carboxylic acids is 1. The minimum Gasteiger partial charge on any atom is -0.376 e. The Kier molecular flexibility index (Phi) is 6.22. The van der Waals surface area contributed by atoms with Crippen molar-refractivity contribution in [2.45, 2.75) is 43.6 Å². The van der Waals surface area contributed by atoms with Crippen LogP contribution in [-0.2, 0) is 14.8 Å². The summed E-state index contributed by atoms with van der Waals surface area (Å²) >= 11 is 6.16. The predicted octanol–water partition coefficient (Wildman–Crippen LogP) is 2.67. The highest BCUT2D eigenvalue weighted by molar-refractivity contribution is 7.89. The topological polar surface area (TPSA) is 75.7 Å². The monoisotopic (exact) mass is 400 g/mol. The van der Waals surface area contributed by atoms with E-state index in [9.17, 15) is 13.2 Å². The summed E-state index contributed by atoms with van der Waals surface area (Å²) in [5, 5.41) is 2.95. The van der Waals surface area contributed by atoms with Gasteiger partial charge in [0, 0.05) is 31.8 Å². The van der Waals surface area contributed by atoms with Gasteiger partial charge in [-0.2, -0.15) is 4.31 Å². The summed E-state index contributed by atoms with van der Waals surface area (Å²) in [6, 6.07) is 4.40. The van der Waals surface area contributed by atoms with Crippen molar-refractivity contribution in [1.82, 2.24) is 9.62 Å². The van der Waals surface area contributed by atoms with Gasteiger partial charge < -0.3 is 10.1 Å². The van der Waals surface area contributed by atoms with Crippen LogP contribution >= 0.6 is 11.6 Å². The first-order valence-electron chi connectivity index (χ1n) is 9.07. The molecule has 2 aliphatic heterocycles. The molecule has 2 aliphatic rings. The molecule has 0 bridgehead atoms. The lowest BCUT2D eigenvalue weighted by Crippen LogP contribution is -2.39. The fraction of sp³-hybridized carbons (Fsp3) is 0.611. The molecule has 144 valence electrons. The van der Waals surface area contributed by atoms with Gasteiger partial charge in [-0.3, -0.25) is 4.79 Å². The van der Waals surface area contributed by atoms with E-state index >= 15 is 0 Å². The van der Waals surface area contributed by atoms with E-state index in [0.29, 0.717) is 25.6 Å². The van der Waals surface area contributed by atoms with Crippen LogP contribution in [0.4, 0.5) is 0 Å². The van der Waals surface area contributed by atoms with Crippen molar-refractivity contribution < 1.29 is 17.9 Å². The maximum absolute atomic E-state index is 13.0. The van der Waals surface area contributed by atoms with Gasteiger partial charge in [-0.25, -0.2) is 8.42 Å². The first-order valence-corrected chi connectivity index (χ1v) is 10.9. The van der Waals surface area contributed by atoms with E-state index in [-0.39, 0.29) is 27.5 Å². The zero-order valence-corrected chi connectivity index (χ0v) is 16.5. The molecule has 1 amide bonds. The Morgan fingerprint density at radius 1 is 1.35 bits per heavy atom. The number of amides is 1. The van der Waals surface area contributed by atoms with E-state index in [4.69, 9.17) is 16.3 Å². The SMILES string of the molecule is CC1CCCN(S(=O)(=O)c2cc(C(=O)NCC3CCCO3)ccc2Cl)C1. The lowest BCUT2D eigenvalue weighted by molar-refractivity contribution is 0.0857. The second kappa shape index (κ2) is 8.25.